The Kier molecular flexibility index (Phi) is 3.34. The van der Waals surface area contributed by atoms with Crippen molar-refractivity contribution in [1.29, 1.82) is 5.26 Å². The number of nitriles is 1. The summed E-state index contributed by atoms with van der Waals surface area (Å²) in [5.74, 6) is 0.157. The smallest absolute Gasteiger partial charge is 0.123 e. The van der Waals surface area contributed by atoms with Gasteiger partial charge in [-0.1, -0.05) is 18.2 Å². The van der Waals surface area contributed by atoms with Crippen LogP contribution < -0.4 is 4.90 Å². The van der Waals surface area contributed by atoms with Crippen molar-refractivity contribution in [3.05, 3.63) is 36.0 Å². The summed E-state index contributed by atoms with van der Waals surface area (Å²) >= 11 is 0. The number of aldehydes is 1. The van der Waals surface area contributed by atoms with Crippen LogP contribution in [0.1, 0.15) is 18.4 Å². The number of carbonyl (C=O) groups excluding carboxylic acids is 1. The Bertz CT molecular complexity index is 682. The summed E-state index contributed by atoms with van der Waals surface area (Å²) in [6.07, 6.45) is 4.40. The van der Waals surface area contributed by atoms with Crippen molar-refractivity contribution in [2.75, 3.05) is 18.0 Å². The zero-order valence-electron chi connectivity index (χ0n) is 11.1. The molecule has 1 fully saturated rings. The number of nitrogens with zero attached hydrogens (tertiary/aromatic N) is 3. The van der Waals surface area contributed by atoms with E-state index in [0.717, 1.165) is 48.8 Å². The van der Waals surface area contributed by atoms with Gasteiger partial charge in [-0.25, -0.2) is 0 Å². The first kappa shape index (κ1) is 12.6. The quantitative estimate of drug-likeness (QED) is 0.783. The summed E-state index contributed by atoms with van der Waals surface area (Å²) in [7, 11) is 0. The van der Waals surface area contributed by atoms with Gasteiger partial charge in [0.25, 0.3) is 0 Å². The third-order valence-corrected chi connectivity index (χ3v) is 3.92. The van der Waals surface area contributed by atoms with E-state index in [-0.39, 0.29) is 5.92 Å². The van der Waals surface area contributed by atoms with E-state index in [9.17, 15) is 10.1 Å². The third-order valence-electron chi connectivity index (χ3n) is 3.92. The van der Waals surface area contributed by atoms with Crippen molar-refractivity contribution < 1.29 is 4.79 Å². The van der Waals surface area contributed by atoms with E-state index in [1.54, 1.807) is 6.20 Å². The lowest BCUT2D eigenvalue weighted by molar-refractivity contribution is -0.111. The number of anilines is 1. The predicted octanol–water partition coefficient (Wildman–Crippen LogP) is 2.52. The number of carbonyl (C=O) groups is 1. The van der Waals surface area contributed by atoms with Crippen LogP contribution in [0.15, 0.2) is 30.5 Å². The fraction of sp³-hybridized carbons (Fsp3) is 0.312. The highest BCUT2D eigenvalue weighted by Gasteiger charge is 2.22. The fourth-order valence-corrected chi connectivity index (χ4v) is 2.81. The molecule has 1 aliphatic rings. The van der Waals surface area contributed by atoms with E-state index in [4.69, 9.17) is 0 Å². The molecule has 0 bridgehead atoms. The van der Waals surface area contributed by atoms with Crippen molar-refractivity contribution >= 4 is 22.9 Å². The zero-order chi connectivity index (χ0) is 13.9. The maximum absolute atomic E-state index is 10.9. The lowest BCUT2D eigenvalue weighted by atomic mass is 9.97. The summed E-state index contributed by atoms with van der Waals surface area (Å²) in [6, 6.07) is 10.1. The molecule has 0 aliphatic carbocycles. The minimum absolute atomic E-state index is 0.157. The molecule has 0 atom stereocenters. The van der Waals surface area contributed by atoms with Crippen molar-refractivity contribution in [3.8, 4) is 6.07 Å². The molecule has 4 nitrogen and oxygen atoms in total. The van der Waals surface area contributed by atoms with E-state index in [2.05, 4.69) is 16.0 Å². The number of hydrogen-bond acceptors (Lipinski definition) is 4. The average Bonchev–Trinajstić information content (AvgIpc) is 2.54. The van der Waals surface area contributed by atoms with Crippen LogP contribution in [0.4, 0.5) is 5.69 Å². The molecular formula is C16H15N3O. The number of fused-ring (bicyclic) bond motifs is 1. The maximum Gasteiger partial charge on any atom is 0.123 e. The molecule has 1 aliphatic heterocycles. The number of benzene rings is 1. The molecule has 2 heterocycles. The van der Waals surface area contributed by atoms with Gasteiger partial charge in [-0.2, -0.15) is 5.26 Å². The number of hydrogen-bond donors (Lipinski definition) is 0. The first-order chi connectivity index (χ1) is 9.83. The molecule has 20 heavy (non-hydrogen) atoms. The number of piperidine rings is 1. The Morgan fingerprint density at radius 3 is 2.75 bits per heavy atom. The van der Waals surface area contributed by atoms with E-state index in [0.29, 0.717) is 5.56 Å². The number of rotatable bonds is 2. The summed E-state index contributed by atoms with van der Waals surface area (Å²) in [6.45, 7) is 1.62. The standard InChI is InChI=1S/C16H15N3O/c17-9-13-10-18-15-4-2-1-3-14(15)16(13)19-7-5-12(11-20)6-8-19/h1-4,10-12H,5-8H2. The second kappa shape index (κ2) is 5.30. The molecule has 0 unspecified atom stereocenters. The zero-order valence-corrected chi connectivity index (χ0v) is 11.1. The summed E-state index contributed by atoms with van der Waals surface area (Å²) in [4.78, 5) is 17.4. The third kappa shape index (κ3) is 2.12. The van der Waals surface area contributed by atoms with E-state index in [1.807, 2.05) is 24.3 Å². The van der Waals surface area contributed by atoms with Crippen molar-refractivity contribution in [3.63, 3.8) is 0 Å². The molecule has 2 aromatic rings. The SMILES string of the molecule is N#Cc1cnc2ccccc2c1N1CCC(C=O)CC1. The monoisotopic (exact) mass is 265 g/mol. The van der Waals surface area contributed by atoms with Gasteiger partial charge in [0.05, 0.1) is 16.8 Å². The van der Waals surface area contributed by atoms with Gasteiger partial charge in [-0.05, 0) is 18.9 Å². The molecule has 4 heteroatoms. The molecule has 0 spiro atoms. The molecule has 0 N–H and O–H groups in total. The van der Waals surface area contributed by atoms with Gasteiger partial charge in [-0.15, -0.1) is 0 Å². The Balaban J connectivity index is 2.06. The molecule has 1 saturated heterocycles. The van der Waals surface area contributed by atoms with Gasteiger partial charge in [-0.3, -0.25) is 4.98 Å². The molecule has 0 saturated carbocycles. The second-order valence-electron chi connectivity index (χ2n) is 5.11. The normalized spacial score (nSPS) is 16.1. The Morgan fingerprint density at radius 2 is 2.05 bits per heavy atom. The van der Waals surface area contributed by atoms with Crippen LogP contribution in [0, 0.1) is 17.2 Å². The minimum atomic E-state index is 0.157. The van der Waals surface area contributed by atoms with Crippen LogP contribution in [0.25, 0.3) is 10.9 Å². The first-order valence-corrected chi connectivity index (χ1v) is 6.81. The van der Waals surface area contributed by atoms with Crippen molar-refractivity contribution in [2.45, 2.75) is 12.8 Å². The molecule has 100 valence electrons. The molecule has 0 radical (unpaired) electrons. The van der Waals surface area contributed by atoms with Crippen LogP contribution >= 0.6 is 0 Å². The molecule has 3 rings (SSSR count). The van der Waals surface area contributed by atoms with Gasteiger partial charge in [0.1, 0.15) is 12.4 Å². The first-order valence-electron chi connectivity index (χ1n) is 6.81. The molecule has 0 amide bonds. The van der Waals surface area contributed by atoms with Gasteiger partial charge < -0.3 is 9.69 Å². The highest BCUT2D eigenvalue weighted by atomic mass is 16.1. The molecular weight excluding hydrogens is 250 g/mol. The topological polar surface area (TPSA) is 57.0 Å². The molecule has 1 aromatic heterocycles. The summed E-state index contributed by atoms with van der Waals surface area (Å²) in [5.41, 5.74) is 2.47. The predicted molar refractivity (Wildman–Crippen MR) is 77.5 cm³/mol. The van der Waals surface area contributed by atoms with Crippen LogP contribution in [-0.4, -0.2) is 24.4 Å². The highest BCUT2D eigenvalue weighted by molar-refractivity contribution is 5.94. The number of aromatic nitrogens is 1. The molecule has 1 aromatic carbocycles. The number of pyridine rings is 1. The average molecular weight is 265 g/mol. The largest absolute Gasteiger partial charge is 0.370 e. The van der Waals surface area contributed by atoms with Crippen LogP contribution in [0.3, 0.4) is 0 Å². The summed E-state index contributed by atoms with van der Waals surface area (Å²) in [5, 5.41) is 10.3. The van der Waals surface area contributed by atoms with E-state index in [1.165, 1.54) is 0 Å². The maximum atomic E-state index is 10.9. The lowest BCUT2D eigenvalue weighted by Crippen LogP contribution is -2.34. The highest BCUT2D eigenvalue weighted by Crippen LogP contribution is 2.31. The van der Waals surface area contributed by atoms with Crippen LogP contribution in [-0.2, 0) is 4.79 Å². The minimum Gasteiger partial charge on any atom is -0.370 e. The van der Waals surface area contributed by atoms with Crippen LogP contribution in [0.5, 0.6) is 0 Å². The van der Waals surface area contributed by atoms with Gasteiger partial charge in [0.15, 0.2) is 0 Å². The van der Waals surface area contributed by atoms with Gasteiger partial charge in [0.2, 0.25) is 0 Å². The Hall–Kier alpha value is -2.41. The lowest BCUT2D eigenvalue weighted by Gasteiger charge is -2.32. The summed E-state index contributed by atoms with van der Waals surface area (Å²) < 4.78 is 0. The number of para-hydroxylation sites is 1. The van der Waals surface area contributed by atoms with Crippen molar-refractivity contribution in [2.24, 2.45) is 5.92 Å². The van der Waals surface area contributed by atoms with E-state index < -0.39 is 0 Å². The van der Waals surface area contributed by atoms with Crippen molar-refractivity contribution in [1.82, 2.24) is 4.98 Å². The van der Waals surface area contributed by atoms with Crippen LogP contribution in [0.2, 0.25) is 0 Å². The Morgan fingerprint density at radius 1 is 1.30 bits per heavy atom. The van der Waals surface area contributed by atoms with Gasteiger partial charge >= 0.3 is 0 Å². The second-order valence-corrected chi connectivity index (χ2v) is 5.11. The van der Waals surface area contributed by atoms with E-state index >= 15 is 0 Å². The Labute approximate surface area is 117 Å². The fourth-order valence-electron chi connectivity index (χ4n) is 2.81. The van der Waals surface area contributed by atoms with Gasteiger partial charge in [0, 0.05) is 30.6 Å².